The topological polar surface area (TPSA) is 67.0 Å². The Hall–Kier alpha value is -3.31. The van der Waals surface area contributed by atoms with Gasteiger partial charge in [0.2, 0.25) is 0 Å². The molecule has 4 aromatic rings. The Bertz CT molecular complexity index is 1180. The van der Waals surface area contributed by atoms with E-state index < -0.39 is 5.60 Å². The van der Waals surface area contributed by atoms with Gasteiger partial charge in [-0.25, -0.2) is 4.98 Å². The Morgan fingerprint density at radius 3 is 2.50 bits per heavy atom. The summed E-state index contributed by atoms with van der Waals surface area (Å²) >= 11 is 5.91. The van der Waals surface area contributed by atoms with Crippen molar-refractivity contribution >= 4 is 34.2 Å². The lowest BCUT2D eigenvalue weighted by Crippen LogP contribution is -2.42. The van der Waals surface area contributed by atoms with Gasteiger partial charge in [0.25, 0.3) is 5.91 Å². The summed E-state index contributed by atoms with van der Waals surface area (Å²) in [6, 6.07) is 20.7. The van der Waals surface area contributed by atoms with Gasteiger partial charge in [-0.15, -0.1) is 0 Å². The maximum absolute atomic E-state index is 12.8. The standard InChI is InChI=1S/C24H22ClN3O2/c1-15-14-16(22-26-20-6-4-5-7-21(20)27-22)8-13-19(15)28-23(29)24(2,3)30-18-11-9-17(25)10-12-18/h4-14H,1-3H3,(H,26,27)(H,28,29). The number of aromatic amines is 1. The molecule has 1 amide bonds. The number of ether oxygens (including phenoxy) is 1. The molecule has 0 aliphatic carbocycles. The van der Waals surface area contributed by atoms with Gasteiger partial charge in [0.05, 0.1) is 11.0 Å². The van der Waals surface area contributed by atoms with Crippen molar-refractivity contribution in [2.24, 2.45) is 0 Å². The number of aryl methyl sites for hydroxylation is 1. The van der Waals surface area contributed by atoms with Gasteiger partial charge >= 0.3 is 0 Å². The van der Waals surface area contributed by atoms with E-state index in [4.69, 9.17) is 16.3 Å². The summed E-state index contributed by atoms with van der Waals surface area (Å²) in [7, 11) is 0. The highest BCUT2D eigenvalue weighted by Gasteiger charge is 2.30. The number of hydrogen-bond acceptors (Lipinski definition) is 3. The lowest BCUT2D eigenvalue weighted by molar-refractivity contribution is -0.128. The lowest BCUT2D eigenvalue weighted by atomic mass is 10.1. The van der Waals surface area contributed by atoms with Crippen LogP contribution < -0.4 is 10.1 Å². The number of benzene rings is 3. The highest BCUT2D eigenvalue weighted by Crippen LogP contribution is 2.27. The zero-order valence-corrected chi connectivity index (χ0v) is 17.7. The molecule has 0 aliphatic rings. The highest BCUT2D eigenvalue weighted by atomic mass is 35.5. The van der Waals surface area contributed by atoms with E-state index in [1.165, 1.54) is 0 Å². The number of carbonyl (C=O) groups excluding carboxylic acids is 1. The first kappa shape index (κ1) is 20.0. The van der Waals surface area contributed by atoms with Crippen molar-refractivity contribution in [3.8, 4) is 17.1 Å². The van der Waals surface area contributed by atoms with Crippen LogP contribution in [0.25, 0.3) is 22.4 Å². The van der Waals surface area contributed by atoms with Gasteiger partial charge in [0, 0.05) is 16.3 Å². The van der Waals surface area contributed by atoms with Gasteiger partial charge in [-0.2, -0.15) is 0 Å². The van der Waals surface area contributed by atoms with Crippen molar-refractivity contribution < 1.29 is 9.53 Å². The molecule has 4 rings (SSSR count). The monoisotopic (exact) mass is 419 g/mol. The number of fused-ring (bicyclic) bond motifs is 1. The second-order valence-corrected chi connectivity index (χ2v) is 8.09. The fourth-order valence-electron chi connectivity index (χ4n) is 3.16. The van der Waals surface area contributed by atoms with Crippen LogP contribution in [0.2, 0.25) is 5.02 Å². The van der Waals surface area contributed by atoms with Crippen LogP contribution in [-0.4, -0.2) is 21.5 Å². The van der Waals surface area contributed by atoms with Crippen LogP contribution >= 0.6 is 11.6 Å². The maximum Gasteiger partial charge on any atom is 0.267 e. The first-order valence-corrected chi connectivity index (χ1v) is 10.0. The highest BCUT2D eigenvalue weighted by molar-refractivity contribution is 6.30. The predicted molar refractivity (Wildman–Crippen MR) is 121 cm³/mol. The summed E-state index contributed by atoms with van der Waals surface area (Å²) in [5.74, 6) is 1.14. The van der Waals surface area contributed by atoms with Crippen molar-refractivity contribution in [3.63, 3.8) is 0 Å². The summed E-state index contributed by atoms with van der Waals surface area (Å²) in [6.45, 7) is 5.42. The third kappa shape index (κ3) is 4.16. The molecule has 0 atom stereocenters. The molecule has 0 unspecified atom stereocenters. The first-order valence-electron chi connectivity index (χ1n) is 9.64. The van der Waals surface area contributed by atoms with E-state index in [2.05, 4.69) is 15.3 Å². The fraction of sp³-hybridized carbons (Fsp3) is 0.167. The zero-order chi connectivity index (χ0) is 21.3. The molecule has 5 nitrogen and oxygen atoms in total. The summed E-state index contributed by atoms with van der Waals surface area (Å²) in [5, 5.41) is 3.58. The molecule has 0 bridgehead atoms. The molecule has 1 aromatic heterocycles. The molecule has 3 aromatic carbocycles. The van der Waals surface area contributed by atoms with Crippen LogP contribution in [0.15, 0.2) is 66.7 Å². The first-order chi connectivity index (χ1) is 14.3. The van der Waals surface area contributed by atoms with E-state index in [0.29, 0.717) is 10.8 Å². The molecule has 6 heteroatoms. The number of nitrogens with one attached hydrogen (secondary N) is 2. The second kappa shape index (κ2) is 7.84. The van der Waals surface area contributed by atoms with Crippen molar-refractivity contribution in [2.45, 2.75) is 26.4 Å². The molecular weight excluding hydrogens is 398 g/mol. The third-order valence-electron chi connectivity index (χ3n) is 4.87. The smallest absolute Gasteiger partial charge is 0.267 e. The Balaban J connectivity index is 1.51. The van der Waals surface area contributed by atoms with E-state index >= 15 is 0 Å². The van der Waals surface area contributed by atoms with Crippen LogP contribution in [0, 0.1) is 6.92 Å². The second-order valence-electron chi connectivity index (χ2n) is 7.65. The van der Waals surface area contributed by atoms with Gasteiger partial charge in [-0.3, -0.25) is 4.79 Å². The van der Waals surface area contributed by atoms with Crippen molar-refractivity contribution in [3.05, 3.63) is 77.3 Å². The molecular formula is C24H22ClN3O2. The van der Waals surface area contributed by atoms with Crippen LogP contribution in [0.3, 0.4) is 0 Å². The van der Waals surface area contributed by atoms with E-state index in [9.17, 15) is 4.79 Å². The van der Waals surface area contributed by atoms with Crippen LogP contribution in [0.1, 0.15) is 19.4 Å². The Labute approximate surface area is 180 Å². The Morgan fingerprint density at radius 1 is 1.07 bits per heavy atom. The summed E-state index contributed by atoms with van der Waals surface area (Å²) < 4.78 is 5.87. The number of imidazole rings is 1. The average molecular weight is 420 g/mol. The fourth-order valence-corrected chi connectivity index (χ4v) is 3.28. The zero-order valence-electron chi connectivity index (χ0n) is 17.0. The van der Waals surface area contributed by atoms with Gasteiger partial charge in [-0.05, 0) is 80.9 Å². The van der Waals surface area contributed by atoms with Gasteiger partial charge in [0.1, 0.15) is 11.6 Å². The minimum Gasteiger partial charge on any atom is -0.478 e. The SMILES string of the molecule is Cc1cc(-c2nc3ccccc3[nH]2)ccc1NC(=O)C(C)(C)Oc1ccc(Cl)cc1. The summed E-state index contributed by atoms with van der Waals surface area (Å²) in [4.78, 5) is 20.8. The number of para-hydroxylation sites is 2. The molecule has 2 N–H and O–H groups in total. The lowest BCUT2D eigenvalue weighted by Gasteiger charge is -2.25. The van der Waals surface area contributed by atoms with Crippen molar-refractivity contribution in [1.29, 1.82) is 0 Å². The number of amides is 1. The predicted octanol–water partition coefficient (Wildman–Crippen LogP) is 5.99. The van der Waals surface area contributed by atoms with E-state index in [0.717, 1.165) is 33.7 Å². The van der Waals surface area contributed by atoms with Crippen LogP contribution in [-0.2, 0) is 4.79 Å². The van der Waals surface area contributed by atoms with Gasteiger partial charge in [-0.1, -0.05) is 23.7 Å². The number of hydrogen-bond donors (Lipinski definition) is 2. The summed E-state index contributed by atoms with van der Waals surface area (Å²) in [6.07, 6.45) is 0. The number of halogens is 1. The third-order valence-corrected chi connectivity index (χ3v) is 5.12. The van der Waals surface area contributed by atoms with Crippen LogP contribution in [0.4, 0.5) is 5.69 Å². The number of nitrogens with zero attached hydrogens (tertiary/aromatic N) is 1. The minimum atomic E-state index is -1.06. The van der Waals surface area contributed by atoms with Gasteiger partial charge < -0.3 is 15.0 Å². The van der Waals surface area contributed by atoms with E-state index in [1.54, 1.807) is 38.1 Å². The summed E-state index contributed by atoms with van der Waals surface area (Å²) in [5.41, 5.74) is 3.47. The Morgan fingerprint density at radius 2 is 1.80 bits per heavy atom. The molecule has 0 aliphatic heterocycles. The molecule has 0 saturated carbocycles. The van der Waals surface area contributed by atoms with Crippen LogP contribution in [0.5, 0.6) is 5.75 Å². The average Bonchev–Trinajstić information content (AvgIpc) is 3.15. The molecule has 1 heterocycles. The molecule has 0 fully saturated rings. The quantitative estimate of drug-likeness (QED) is 0.417. The van der Waals surface area contributed by atoms with Gasteiger partial charge in [0.15, 0.2) is 5.60 Å². The largest absolute Gasteiger partial charge is 0.478 e. The Kier molecular flexibility index (Phi) is 5.22. The van der Waals surface area contributed by atoms with Crippen molar-refractivity contribution in [2.75, 3.05) is 5.32 Å². The normalized spacial score (nSPS) is 11.5. The number of carbonyl (C=O) groups is 1. The number of H-pyrrole nitrogens is 1. The van der Waals surface area contributed by atoms with Crippen molar-refractivity contribution in [1.82, 2.24) is 9.97 Å². The minimum absolute atomic E-state index is 0.239. The number of rotatable bonds is 5. The van der Waals surface area contributed by atoms with E-state index in [-0.39, 0.29) is 5.91 Å². The number of anilines is 1. The molecule has 0 radical (unpaired) electrons. The molecule has 0 saturated heterocycles. The van der Waals surface area contributed by atoms with E-state index in [1.807, 2.05) is 49.4 Å². The molecule has 0 spiro atoms. The maximum atomic E-state index is 12.8. The molecule has 30 heavy (non-hydrogen) atoms. The molecule has 152 valence electrons. The number of aromatic nitrogens is 2.